The van der Waals surface area contributed by atoms with Gasteiger partial charge in [-0.3, -0.25) is 4.79 Å². The number of hydrogen-bond donors (Lipinski definition) is 1. The smallest absolute Gasteiger partial charge is 0.274 e. The largest absolute Gasteiger partial charge is 0.346 e. The third-order valence-electron chi connectivity index (χ3n) is 4.84. The first-order valence-electron chi connectivity index (χ1n) is 10.2. The minimum absolute atomic E-state index is 0.0524. The monoisotopic (exact) mass is 544 g/mol. The van der Waals surface area contributed by atoms with Gasteiger partial charge in [0.1, 0.15) is 11.6 Å². The third kappa shape index (κ3) is 5.48. The van der Waals surface area contributed by atoms with Crippen LogP contribution in [0.2, 0.25) is 0 Å². The van der Waals surface area contributed by atoms with Crippen LogP contribution in [-0.2, 0) is 12.3 Å². The van der Waals surface area contributed by atoms with Gasteiger partial charge in [-0.1, -0.05) is 39.0 Å². The highest BCUT2D eigenvalue weighted by molar-refractivity contribution is 9.10. The zero-order valence-electron chi connectivity index (χ0n) is 18.2. The average molecular weight is 545 g/mol. The van der Waals surface area contributed by atoms with E-state index in [2.05, 4.69) is 41.5 Å². The number of nitrogens with one attached hydrogen (secondary N) is 1. The number of carbonyl (C=O) groups excluding carboxylic acids is 1. The van der Waals surface area contributed by atoms with Gasteiger partial charge < -0.3 is 5.32 Å². The molecule has 0 aliphatic rings. The van der Waals surface area contributed by atoms with E-state index in [1.165, 1.54) is 17.8 Å². The molecule has 7 nitrogen and oxygen atoms in total. The van der Waals surface area contributed by atoms with Crippen molar-refractivity contribution >= 4 is 33.6 Å². The lowest BCUT2D eigenvalue weighted by Crippen LogP contribution is -2.25. The minimum atomic E-state index is -0.735. The number of rotatable bonds is 7. The molecule has 2 aromatic carbocycles. The van der Waals surface area contributed by atoms with Crippen molar-refractivity contribution in [2.75, 3.05) is 0 Å². The Hall–Kier alpha value is -3.18. The highest BCUT2D eigenvalue weighted by atomic mass is 79.9. The van der Waals surface area contributed by atoms with E-state index in [9.17, 15) is 13.6 Å². The zero-order chi connectivity index (χ0) is 24.2. The first-order chi connectivity index (χ1) is 16.3. The van der Waals surface area contributed by atoms with Gasteiger partial charge in [-0.2, -0.15) is 0 Å². The van der Waals surface area contributed by atoms with Crippen molar-refractivity contribution in [2.45, 2.75) is 31.3 Å². The van der Waals surface area contributed by atoms with E-state index >= 15 is 0 Å². The lowest BCUT2D eigenvalue weighted by atomic mass is 10.2. The Balaban J connectivity index is 1.63. The van der Waals surface area contributed by atoms with Gasteiger partial charge in [-0.15, -0.1) is 5.10 Å². The van der Waals surface area contributed by atoms with Crippen LogP contribution in [0.25, 0.3) is 5.69 Å². The lowest BCUT2D eigenvalue weighted by Gasteiger charge is -2.10. The normalized spacial score (nSPS) is 11.0. The predicted molar refractivity (Wildman–Crippen MR) is 128 cm³/mol. The summed E-state index contributed by atoms with van der Waals surface area (Å²) < 4.78 is 30.4. The van der Waals surface area contributed by atoms with Crippen molar-refractivity contribution in [3.8, 4) is 5.69 Å². The van der Waals surface area contributed by atoms with Crippen LogP contribution in [0.4, 0.5) is 8.78 Å². The van der Waals surface area contributed by atoms with Gasteiger partial charge >= 0.3 is 0 Å². The molecule has 2 aromatic heterocycles. The maximum absolute atomic E-state index is 14.0. The fraction of sp³-hybridized carbons (Fsp3) is 0.174. The molecule has 0 atom stereocenters. The Kier molecular flexibility index (Phi) is 7.32. The second-order valence-corrected chi connectivity index (χ2v) is 9.24. The molecule has 0 saturated heterocycles. The second-order valence-electron chi connectivity index (χ2n) is 7.38. The second kappa shape index (κ2) is 10.4. The molecule has 1 amide bonds. The summed E-state index contributed by atoms with van der Waals surface area (Å²) in [6, 6.07) is 12.8. The van der Waals surface area contributed by atoms with Gasteiger partial charge in [-0.05, 0) is 56.3 Å². The molecule has 0 aliphatic carbocycles. The molecule has 0 saturated carbocycles. The van der Waals surface area contributed by atoms with Crippen molar-refractivity contribution < 1.29 is 13.6 Å². The van der Waals surface area contributed by atoms with Gasteiger partial charge in [0.05, 0.1) is 11.4 Å². The van der Waals surface area contributed by atoms with Crippen molar-refractivity contribution in [2.24, 2.45) is 0 Å². The molecule has 0 spiro atoms. The summed E-state index contributed by atoms with van der Waals surface area (Å²) in [6.07, 6.45) is 0. The number of aryl methyl sites for hydroxylation is 2. The number of carbonyl (C=O) groups is 1. The van der Waals surface area contributed by atoms with Crippen molar-refractivity contribution in [1.29, 1.82) is 0 Å². The lowest BCUT2D eigenvalue weighted by molar-refractivity contribution is 0.0944. The molecule has 0 bridgehead atoms. The average Bonchev–Trinajstić information content (AvgIpc) is 3.21. The SMILES string of the molecule is Cc1cc(C)nc(SCc2c(C(=O)NCc3c(F)cccc3F)nnn2-c2ccc(Br)cc2)n1. The third-order valence-corrected chi connectivity index (χ3v) is 6.22. The molecule has 4 rings (SSSR count). The number of amides is 1. The highest BCUT2D eigenvalue weighted by Crippen LogP contribution is 2.24. The van der Waals surface area contributed by atoms with E-state index in [4.69, 9.17) is 0 Å². The number of benzene rings is 2. The molecule has 2 heterocycles. The Morgan fingerprint density at radius 3 is 2.35 bits per heavy atom. The van der Waals surface area contributed by atoms with Crippen LogP contribution in [0, 0.1) is 25.5 Å². The predicted octanol–water partition coefficient (Wildman–Crippen LogP) is 4.94. The van der Waals surface area contributed by atoms with Crippen molar-refractivity contribution in [3.05, 3.63) is 93.0 Å². The molecule has 0 fully saturated rings. The maximum Gasteiger partial charge on any atom is 0.274 e. The van der Waals surface area contributed by atoms with Gasteiger partial charge in [-0.25, -0.2) is 23.4 Å². The first kappa shape index (κ1) is 24.0. The molecule has 0 radical (unpaired) electrons. The fourth-order valence-electron chi connectivity index (χ4n) is 3.24. The van der Waals surface area contributed by atoms with Crippen LogP contribution in [0.1, 0.15) is 33.1 Å². The molecule has 11 heteroatoms. The number of halogens is 3. The van der Waals surface area contributed by atoms with E-state index in [1.54, 1.807) is 4.68 Å². The first-order valence-corrected chi connectivity index (χ1v) is 12.0. The number of thioether (sulfide) groups is 1. The zero-order valence-corrected chi connectivity index (χ0v) is 20.6. The summed E-state index contributed by atoms with van der Waals surface area (Å²) in [4.78, 5) is 21.8. The molecular weight excluding hydrogens is 526 g/mol. The quantitative estimate of drug-likeness (QED) is 0.262. The van der Waals surface area contributed by atoms with E-state index in [-0.39, 0.29) is 17.8 Å². The molecule has 1 N–H and O–H groups in total. The Morgan fingerprint density at radius 1 is 1.06 bits per heavy atom. The topological polar surface area (TPSA) is 85.6 Å². The van der Waals surface area contributed by atoms with Crippen LogP contribution >= 0.6 is 27.7 Å². The van der Waals surface area contributed by atoms with E-state index in [0.29, 0.717) is 22.3 Å². The van der Waals surface area contributed by atoms with Crippen LogP contribution in [-0.4, -0.2) is 30.9 Å². The summed E-state index contributed by atoms with van der Waals surface area (Å²) in [7, 11) is 0. The van der Waals surface area contributed by atoms with Crippen molar-refractivity contribution in [3.63, 3.8) is 0 Å². The van der Waals surface area contributed by atoms with Crippen LogP contribution in [0.15, 0.2) is 58.2 Å². The Labute approximate surface area is 207 Å². The van der Waals surface area contributed by atoms with Gasteiger partial charge in [0.2, 0.25) is 0 Å². The number of hydrogen-bond acceptors (Lipinski definition) is 6. The Morgan fingerprint density at radius 2 is 1.71 bits per heavy atom. The molecule has 4 aromatic rings. The van der Waals surface area contributed by atoms with Crippen molar-refractivity contribution in [1.82, 2.24) is 30.3 Å². The van der Waals surface area contributed by atoms with Crippen LogP contribution in [0.5, 0.6) is 0 Å². The standard InChI is InChI=1S/C23H19BrF2N6OS/c1-13-10-14(2)29-23(28-13)34-12-20-21(30-31-32(20)16-8-6-15(24)7-9-16)22(33)27-11-17-18(25)4-3-5-19(17)26/h3-10H,11-12H2,1-2H3,(H,27,33). The number of nitrogens with zero attached hydrogens (tertiary/aromatic N) is 5. The summed E-state index contributed by atoms with van der Waals surface area (Å²) in [5, 5.41) is 11.3. The molecule has 174 valence electrons. The van der Waals surface area contributed by atoms with Crippen LogP contribution < -0.4 is 5.32 Å². The summed E-state index contributed by atoms with van der Waals surface area (Å²) >= 11 is 4.74. The molecular formula is C23H19BrF2N6OS. The highest BCUT2D eigenvalue weighted by Gasteiger charge is 2.22. The fourth-order valence-corrected chi connectivity index (χ4v) is 4.45. The number of aromatic nitrogens is 5. The van der Waals surface area contributed by atoms with Gasteiger partial charge in [0.25, 0.3) is 5.91 Å². The molecule has 34 heavy (non-hydrogen) atoms. The minimum Gasteiger partial charge on any atom is -0.346 e. The molecule has 0 aliphatic heterocycles. The molecule has 0 unspecified atom stereocenters. The Bertz CT molecular complexity index is 1310. The maximum atomic E-state index is 14.0. The summed E-state index contributed by atoms with van der Waals surface area (Å²) in [6.45, 7) is 3.44. The van der Waals surface area contributed by atoms with E-state index < -0.39 is 17.5 Å². The van der Waals surface area contributed by atoms with Gasteiger partial charge in [0.15, 0.2) is 10.9 Å². The summed E-state index contributed by atoms with van der Waals surface area (Å²) in [5.74, 6) is -1.77. The van der Waals surface area contributed by atoms with Crippen LogP contribution in [0.3, 0.4) is 0 Å². The van der Waals surface area contributed by atoms with E-state index in [1.807, 2.05) is 44.2 Å². The van der Waals surface area contributed by atoms with Gasteiger partial charge in [0, 0.05) is 33.7 Å². The van der Waals surface area contributed by atoms with E-state index in [0.717, 1.165) is 28.0 Å². The summed E-state index contributed by atoms with van der Waals surface area (Å²) in [5.41, 5.74) is 2.69.